The number of para-hydroxylation sites is 1. The predicted molar refractivity (Wildman–Crippen MR) is 113 cm³/mol. The Morgan fingerprint density at radius 2 is 1.16 bits per heavy atom. The molecule has 0 fully saturated rings. The quantitative estimate of drug-likeness (QED) is 0.166. The van der Waals surface area contributed by atoms with Crippen molar-refractivity contribution in [3.8, 4) is 11.1 Å². The van der Waals surface area contributed by atoms with Gasteiger partial charge < -0.3 is 0 Å². The molecule has 31 heavy (non-hydrogen) atoms. The van der Waals surface area contributed by atoms with Gasteiger partial charge in [-0.15, -0.1) is 0 Å². The standard InChI is InChI=1S/C23H20N.F6P/c1-24-20(16-18-10-4-2-5-11-18)17-22(19-12-6-3-7-13-19)21-14-8-9-15-23(21)24;1-7(2,3,4,5)6/h2-15,17H,16H2,1H3;/q+1;-1. The van der Waals surface area contributed by atoms with Crippen LogP contribution < -0.4 is 4.57 Å². The maximum absolute atomic E-state index is 10.7. The van der Waals surface area contributed by atoms with Crippen LogP contribution in [0.15, 0.2) is 91.0 Å². The SMILES string of the molecule is C[n+]1c(Cc2ccccc2)cc(-c2ccccc2)c2ccccc21.F[P-](F)(F)(F)(F)F. The van der Waals surface area contributed by atoms with Crippen LogP contribution in [0.2, 0.25) is 0 Å². The van der Waals surface area contributed by atoms with Gasteiger partial charge in [-0.1, -0.05) is 72.8 Å². The van der Waals surface area contributed by atoms with Crippen molar-refractivity contribution >= 4 is 18.7 Å². The third kappa shape index (κ3) is 7.37. The van der Waals surface area contributed by atoms with E-state index >= 15 is 0 Å². The molecule has 4 rings (SSSR count). The van der Waals surface area contributed by atoms with Crippen molar-refractivity contribution in [3.63, 3.8) is 0 Å². The first-order chi connectivity index (χ1) is 14.3. The third-order valence-corrected chi connectivity index (χ3v) is 4.61. The molecular weight excluding hydrogens is 435 g/mol. The van der Waals surface area contributed by atoms with Crippen LogP contribution in [0.25, 0.3) is 22.0 Å². The second kappa shape index (κ2) is 7.65. The van der Waals surface area contributed by atoms with Gasteiger partial charge in [0.15, 0.2) is 5.69 Å². The van der Waals surface area contributed by atoms with Crippen molar-refractivity contribution in [3.05, 3.63) is 102 Å². The number of benzene rings is 3. The molecule has 0 bridgehead atoms. The van der Waals surface area contributed by atoms with E-state index < -0.39 is 7.81 Å². The minimum atomic E-state index is -10.7. The molecule has 1 aromatic heterocycles. The molecule has 0 aliphatic carbocycles. The van der Waals surface area contributed by atoms with Crippen LogP contribution in [0.3, 0.4) is 0 Å². The topological polar surface area (TPSA) is 3.88 Å². The molecule has 4 aromatic rings. The normalized spacial score (nSPS) is 13.6. The van der Waals surface area contributed by atoms with E-state index in [4.69, 9.17) is 0 Å². The second-order valence-electron chi connectivity index (χ2n) is 7.11. The predicted octanol–water partition coefficient (Wildman–Crippen LogP) is 8.30. The van der Waals surface area contributed by atoms with Crippen LogP contribution >= 0.6 is 7.81 Å². The molecule has 0 aliphatic rings. The fourth-order valence-corrected chi connectivity index (χ4v) is 3.32. The molecule has 3 aromatic carbocycles. The molecule has 1 nitrogen and oxygen atoms in total. The van der Waals surface area contributed by atoms with Crippen LogP contribution in [0.5, 0.6) is 0 Å². The maximum atomic E-state index is 9.87. The monoisotopic (exact) mass is 455 g/mol. The summed E-state index contributed by atoms with van der Waals surface area (Å²) >= 11 is 0. The molecule has 0 unspecified atom stereocenters. The summed E-state index contributed by atoms with van der Waals surface area (Å²) in [7, 11) is -8.50. The Morgan fingerprint density at radius 3 is 1.74 bits per heavy atom. The summed E-state index contributed by atoms with van der Waals surface area (Å²) < 4.78 is 61.5. The number of nitrogens with zero attached hydrogens (tertiary/aromatic N) is 1. The van der Waals surface area contributed by atoms with Crippen LogP contribution in [-0.4, -0.2) is 0 Å². The Kier molecular flexibility index (Phi) is 5.61. The summed E-state index contributed by atoms with van der Waals surface area (Å²) in [4.78, 5) is 0. The second-order valence-corrected chi connectivity index (χ2v) is 9.03. The van der Waals surface area contributed by atoms with Gasteiger partial charge in [0, 0.05) is 17.7 Å². The molecule has 0 spiro atoms. The zero-order chi connectivity index (χ0) is 22.8. The number of halogens is 6. The van der Waals surface area contributed by atoms with Gasteiger partial charge in [-0.05, 0) is 17.2 Å². The Hall–Kier alpha value is -2.92. The molecule has 0 atom stereocenters. The summed E-state index contributed by atoms with van der Waals surface area (Å²) in [5, 5.41) is 1.29. The van der Waals surface area contributed by atoms with E-state index in [1.165, 1.54) is 33.3 Å². The first-order valence-corrected chi connectivity index (χ1v) is 11.4. The summed E-state index contributed by atoms with van der Waals surface area (Å²) in [6, 6.07) is 32.3. The van der Waals surface area contributed by atoms with E-state index in [1.807, 2.05) is 0 Å². The van der Waals surface area contributed by atoms with E-state index in [9.17, 15) is 25.2 Å². The van der Waals surface area contributed by atoms with E-state index in [1.54, 1.807) is 0 Å². The van der Waals surface area contributed by atoms with Crippen molar-refractivity contribution in [2.45, 2.75) is 6.42 Å². The summed E-state index contributed by atoms with van der Waals surface area (Å²) in [5.74, 6) is 0. The van der Waals surface area contributed by atoms with Crippen LogP contribution in [-0.2, 0) is 13.5 Å². The van der Waals surface area contributed by atoms with Crippen molar-refractivity contribution in [1.29, 1.82) is 0 Å². The fraction of sp³-hybridized carbons (Fsp3) is 0.0870. The molecular formula is C23H20F6NP. The molecule has 8 heteroatoms. The number of hydrogen-bond donors (Lipinski definition) is 0. The van der Waals surface area contributed by atoms with Crippen LogP contribution in [0.1, 0.15) is 11.3 Å². The van der Waals surface area contributed by atoms with Gasteiger partial charge in [-0.25, -0.2) is 0 Å². The summed E-state index contributed by atoms with van der Waals surface area (Å²) in [5.41, 5.74) is 6.49. The molecule has 0 saturated carbocycles. The number of pyridine rings is 1. The molecule has 0 radical (unpaired) electrons. The van der Waals surface area contributed by atoms with E-state index in [0.29, 0.717) is 0 Å². The number of fused-ring (bicyclic) bond motifs is 1. The first-order valence-electron chi connectivity index (χ1n) is 9.34. The van der Waals surface area contributed by atoms with E-state index in [-0.39, 0.29) is 0 Å². The van der Waals surface area contributed by atoms with Gasteiger partial charge in [-0.2, -0.15) is 4.57 Å². The number of hydrogen-bond acceptors (Lipinski definition) is 0. The first kappa shape index (κ1) is 22.8. The third-order valence-electron chi connectivity index (χ3n) is 4.61. The molecule has 0 saturated heterocycles. The molecule has 1 heterocycles. The number of aryl methyl sites for hydroxylation is 1. The van der Waals surface area contributed by atoms with Crippen LogP contribution in [0.4, 0.5) is 25.2 Å². The summed E-state index contributed by atoms with van der Waals surface area (Å²) in [6.07, 6.45) is 0.933. The van der Waals surface area contributed by atoms with Crippen molar-refractivity contribution in [1.82, 2.24) is 0 Å². The Morgan fingerprint density at radius 1 is 0.677 bits per heavy atom. The fourth-order valence-electron chi connectivity index (χ4n) is 3.32. The number of rotatable bonds is 3. The van der Waals surface area contributed by atoms with Gasteiger partial charge in [0.2, 0.25) is 5.52 Å². The molecule has 164 valence electrons. The number of aromatic nitrogens is 1. The Balaban J connectivity index is 0.000000339. The van der Waals surface area contributed by atoms with Gasteiger partial charge in [-0.3, -0.25) is 0 Å². The van der Waals surface area contributed by atoms with Crippen molar-refractivity contribution in [2.24, 2.45) is 7.05 Å². The average molecular weight is 455 g/mol. The average Bonchev–Trinajstić information content (AvgIpc) is 2.69. The Bertz CT molecular complexity index is 1180. The van der Waals surface area contributed by atoms with Crippen molar-refractivity contribution in [2.75, 3.05) is 0 Å². The molecule has 0 N–H and O–H groups in total. The zero-order valence-electron chi connectivity index (χ0n) is 16.5. The van der Waals surface area contributed by atoms with E-state index in [2.05, 4.69) is 103 Å². The molecule has 0 amide bonds. The van der Waals surface area contributed by atoms with Gasteiger partial charge in [0.1, 0.15) is 7.05 Å². The van der Waals surface area contributed by atoms with Gasteiger partial charge in [0.05, 0.1) is 11.8 Å². The van der Waals surface area contributed by atoms with Gasteiger partial charge >= 0.3 is 33.0 Å². The Labute approximate surface area is 175 Å². The zero-order valence-corrected chi connectivity index (χ0v) is 17.4. The molecule has 0 aliphatic heterocycles. The van der Waals surface area contributed by atoms with Gasteiger partial charge in [0.25, 0.3) is 0 Å². The minimum absolute atomic E-state index is 0.933. The van der Waals surface area contributed by atoms with Crippen molar-refractivity contribution < 1.29 is 29.7 Å². The summed E-state index contributed by atoms with van der Waals surface area (Å²) in [6.45, 7) is 0. The van der Waals surface area contributed by atoms with Crippen LogP contribution in [0, 0.1) is 0 Å². The van der Waals surface area contributed by atoms with E-state index in [0.717, 1.165) is 6.42 Å².